The summed E-state index contributed by atoms with van der Waals surface area (Å²) in [6.07, 6.45) is -1.02. The molecule has 162 valence electrons. The van der Waals surface area contributed by atoms with E-state index in [0.717, 1.165) is 5.56 Å². The number of hydrogen-bond acceptors (Lipinski definition) is 5. The van der Waals surface area contributed by atoms with Crippen LogP contribution in [0.4, 0.5) is 5.69 Å². The van der Waals surface area contributed by atoms with Crippen molar-refractivity contribution in [3.05, 3.63) is 59.7 Å². The van der Waals surface area contributed by atoms with Crippen molar-refractivity contribution >= 4 is 27.6 Å². The van der Waals surface area contributed by atoms with Crippen LogP contribution >= 0.6 is 0 Å². The monoisotopic (exact) mass is 432 g/mol. The number of nitrogens with one attached hydrogen (secondary N) is 2. The molecule has 0 aromatic heterocycles. The van der Waals surface area contributed by atoms with Crippen LogP contribution in [0.25, 0.3) is 0 Å². The van der Waals surface area contributed by atoms with Gasteiger partial charge in [0.05, 0.1) is 10.5 Å². The van der Waals surface area contributed by atoms with Gasteiger partial charge >= 0.3 is 5.97 Å². The smallest absolute Gasteiger partial charge is 0.338 e. The first-order valence-corrected chi connectivity index (χ1v) is 11.2. The number of carbonyl (C=O) groups is 2. The van der Waals surface area contributed by atoms with E-state index in [9.17, 15) is 18.0 Å². The topological polar surface area (TPSA) is 102 Å². The zero-order valence-electron chi connectivity index (χ0n) is 17.8. The van der Waals surface area contributed by atoms with Gasteiger partial charge in [-0.05, 0) is 68.7 Å². The van der Waals surface area contributed by atoms with Gasteiger partial charge in [0.2, 0.25) is 10.0 Å². The molecule has 0 radical (unpaired) electrons. The van der Waals surface area contributed by atoms with E-state index in [1.54, 1.807) is 26.0 Å². The zero-order chi connectivity index (χ0) is 22.5. The first-order chi connectivity index (χ1) is 14.0. The van der Waals surface area contributed by atoms with Crippen LogP contribution in [0.15, 0.2) is 53.4 Å². The van der Waals surface area contributed by atoms with Gasteiger partial charge in [0.1, 0.15) is 0 Å². The van der Waals surface area contributed by atoms with Crippen molar-refractivity contribution in [2.75, 3.05) is 5.32 Å². The molecule has 0 aliphatic carbocycles. The molecule has 0 heterocycles. The molecule has 2 aromatic rings. The van der Waals surface area contributed by atoms with Crippen molar-refractivity contribution in [2.24, 2.45) is 0 Å². The third-order valence-electron chi connectivity index (χ3n) is 4.29. The second kappa shape index (κ2) is 9.86. The lowest BCUT2D eigenvalue weighted by Gasteiger charge is -2.14. The minimum atomic E-state index is -3.61. The van der Waals surface area contributed by atoms with Gasteiger partial charge in [0.25, 0.3) is 5.91 Å². The normalized spacial score (nSPS) is 12.6. The van der Waals surface area contributed by atoms with E-state index in [4.69, 9.17) is 4.74 Å². The number of esters is 1. The van der Waals surface area contributed by atoms with Crippen LogP contribution < -0.4 is 10.0 Å². The number of amides is 1. The summed E-state index contributed by atoms with van der Waals surface area (Å²) in [4.78, 5) is 24.7. The minimum absolute atomic E-state index is 0.0959. The van der Waals surface area contributed by atoms with Crippen molar-refractivity contribution in [3.8, 4) is 0 Å². The summed E-state index contributed by atoms with van der Waals surface area (Å²) in [5, 5.41) is 2.61. The standard InChI is InChI=1S/C22H28N2O5S/c1-14(2)17-6-8-18(9-7-17)22(26)29-16(5)21(25)23-19-10-12-20(13-11-19)30(27,28)24-15(3)4/h6-16,24H,1-5H3,(H,23,25). The Balaban J connectivity index is 1.97. The molecule has 0 aliphatic heterocycles. The second-order valence-electron chi connectivity index (χ2n) is 7.61. The largest absolute Gasteiger partial charge is 0.449 e. The molecular weight excluding hydrogens is 404 g/mol. The molecule has 0 saturated carbocycles. The van der Waals surface area contributed by atoms with Crippen LogP contribution in [-0.2, 0) is 19.6 Å². The number of ether oxygens (including phenoxy) is 1. The van der Waals surface area contributed by atoms with Crippen LogP contribution in [-0.4, -0.2) is 32.4 Å². The average molecular weight is 433 g/mol. The molecule has 1 unspecified atom stereocenters. The van der Waals surface area contributed by atoms with Gasteiger partial charge in [0, 0.05) is 11.7 Å². The SMILES string of the molecule is CC(C)NS(=O)(=O)c1ccc(NC(=O)C(C)OC(=O)c2ccc(C(C)C)cc2)cc1. The Hall–Kier alpha value is -2.71. The molecule has 0 bridgehead atoms. The average Bonchev–Trinajstić information content (AvgIpc) is 2.67. The molecule has 0 fully saturated rings. The quantitative estimate of drug-likeness (QED) is 0.620. The maximum atomic E-state index is 12.3. The molecule has 2 N–H and O–H groups in total. The molecule has 30 heavy (non-hydrogen) atoms. The van der Waals surface area contributed by atoms with Gasteiger partial charge in [-0.1, -0.05) is 26.0 Å². The minimum Gasteiger partial charge on any atom is -0.449 e. The summed E-state index contributed by atoms with van der Waals surface area (Å²) < 4.78 is 32.0. The predicted molar refractivity (Wildman–Crippen MR) is 116 cm³/mol. The van der Waals surface area contributed by atoms with Crippen molar-refractivity contribution in [1.82, 2.24) is 4.72 Å². The Labute approximate surface area is 177 Å². The fourth-order valence-corrected chi connectivity index (χ4v) is 3.88. The van der Waals surface area contributed by atoms with Crippen molar-refractivity contribution in [3.63, 3.8) is 0 Å². The zero-order valence-corrected chi connectivity index (χ0v) is 18.6. The van der Waals surface area contributed by atoms with Gasteiger partial charge in [-0.25, -0.2) is 17.9 Å². The van der Waals surface area contributed by atoms with Crippen LogP contribution in [0.2, 0.25) is 0 Å². The highest BCUT2D eigenvalue weighted by Crippen LogP contribution is 2.17. The predicted octanol–water partition coefficient (Wildman–Crippen LogP) is 3.68. The fourth-order valence-electron chi connectivity index (χ4n) is 2.63. The van der Waals surface area contributed by atoms with E-state index in [2.05, 4.69) is 23.9 Å². The van der Waals surface area contributed by atoms with Crippen molar-refractivity contribution in [1.29, 1.82) is 0 Å². The fraction of sp³-hybridized carbons (Fsp3) is 0.364. The maximum absolute atomic E-state index is 12.3. The first-order valence-electron chi connectivity index (χ1n) is 9.74. The summed E-state index contributed by atoms with van der Waals surface area (Å²) in [7, 11) is -3.61. The van der Waals surface area contributed by atoms with E-state index < -0.39 is 28.0 Å². The van der Waals surface area contributed by atoms with E-state index >= 15 is 0 Å². The number of rotatable bonds is 8. The molecule has 0 spiro atoms. The first kappa shape index (κ1) is 23.6. The highest BCUT2D eigenvalue weighted by molar-refractivity contribution is 7.89. The van der Waals surface area contributed by atoms with Gasteiger partial charge in [-0.15, -0.1) is 0 Å². The van der Waals surface area contributed by atoms with Crippen LogP contribution in [0.3, 0.4) is 0 Å². The van der Waals surface area contributed by atoms with E-state index in [0.29, 0.717) is 17.2 Å². The molecule has 1 amide bonds. The molecule has 1 atom stereocenters. The maximum Gasteiger partial charge on any atom is 0.338 e. The summed E-state index contributed by atoms with van der Waals surface area (Å²) in [6, 6.07) is 12.6. The van der Waals surface area contributed by atoms with Gasteiger partial charge in [0.15, 0.2) is 6.10 Å². The molecule has 8 heteroatoms. The van der Waals surface area contributed by atoms with Gasteiger partial charge < -0.3 is 10.1 Å². The molecule has 2 aromatic carbocycles. The third-order valence-corrected chi connectivity index (χ3v) is 5.96. The van der Waals surface area contributed by atoms with Gasteiger partial charge in [-0.2, -0.15) is 0 Å². The van der Waals surface area contributed by atoms with Crippen molar-refractivity contribution in [2.45, 2.75) is 57.6 Å². The lowest BCUT2D eigenvalue weighted by Crippen LogP contribution is -2.30. The number of benzene rings is 2. The summed E-state index contributed by atoms with van der Waals surface area (Å²) in [6.45, 7) is 9.05. The van der Waals surface area contributed by atoms with E-state index in [1.165, 1.54) is 31.2 Å². The Kier molecular flexibility index (Phi) is 7.75. The third kappa shape index (κ3) is 6.40. The Morgan fingerprint density at radius 3 is 1.93 bits per heavy atom. The Morgan fingerprint density at radius 1 is 0.867 bits per heavy atom. The number of anilines is 1. The Bertz CT molecular complexity index is 981. The Morgan fingerprint density at radius 2 is 1.43 bits per heavy atom. The summed E-state index contributed by atoms with van der Waals surface area (Å²) in [5.74, 6) is -0.755. The molecule has 0 aliphatic rings. The van der Waals surface area contributed by atoms with Crippen LogP contribution in [0, 0.1) is 0 Å². The second-order valence-corrected chi connectivity index (χ2v) is 9.33. The molecule has 0 saturated heterocycles. The summed E-state index contributed by atoms with van der Waals surface area (Å²) in [5.41, 5.74) is 1.87. The lowest BCUT2D eigenvalue weighted by atomic mass is 10.0. The number of sulfonamides is 1. The number of hydrogen-bond donors (Lipinski definition) is 2. The van der Waals surface area contributed by atoms with Gasteiger partial charge in [-0.3, -0.25) is 4.79 Å². The van der Waals surface area contributed by atoms with E-state index in [-0.39, 0.29) is 10.9 Å². The van der Waals surface area contributed by atoms with E-state index in [1.807, 2.05) is 12.1 Å². The lowest BCUT2D eigenvalue weighted by molar-refractivity contribution is -0.123. The van der Waals surface area contributed by atoms with Crippen LogP contribution in [0.5, 0.6) is 0 Å². The molecule has 2 rings (SSSR count). The van der Waals surface area contributed by atoms with Crippen molar-refractivity contribution < 1.29 is 22.7 Å². The highest BCUT2D eigenvalue weighted by Gasteiger charge is 2.20. The number of carbonyl (C=O) groups excluding carboxylic acids is 2. The molecular formula is C22H28N2O5S. The molecule has 7 nitrogen and oxygen atoms in total. The summed E-state index contributed by atoms with van der Waals surface area (Å²) >= 11 is 0. The highest BCUT2D eigenvalue weighted by atomic mass is 32.2. The van der Waals surface area contributed by atoms with Crippen LogP contribution in [0.1, 0.15) is 56.5 Å².